The molecule has 0 saturated heterocycles. The van der Waals surface area contributed by atoms with E-state index in [-0.39, 0.29) is 17.9 Å². The highest BCUT2D eigenvalue weighted by Gasteiger charge is 2.51. The Balaban J connectivity index is 2.24. The van der Waals surface area contributed by atoms with Crippen molar-refractivity contribution in [2.45, 2.75) is 75.6 Å². The molecule has 1 aromatic rings. The van der Waals surface area contributed by atoms with E-state index in [0.717, 1.165) is 44.1 Å². The summed E-state index contributed by atoms with van der Waals surface area (Å²) in [6.07, 6.45) is 7.73. The summed E-state index contributed by atoms with van der Waals surface area (Å²) in [5, 5.41) is 11.9. The molecule has 0 radical (unpaired) electrons. The maximum absolute atomic E-state index is 14.4. The lowest BCUT2D eigenvalue weighted by Crippen LogP contribution is -2.51. The van der Waals surface area contributed by atoms with Crippen molar-refractivity contribution in [3.05, 3.63) is 53.5 Å². The molecule has 0 bridgehead atoms. The van der Waals surface area contributed by atoms with Gasteiger partial charge in [0.25, 0.3) is 0 Å². The van der Waals surface area contributed by atoms with Crippen molar-refractivity contribution in [3.8, 4) is 0 Å². The fourth-order valence-corrected chi connectivity index (χ4v) is 7.21. The standard InChI is InChI=1S/C24H35NO3S/c1-5-6-12-17-24(26)23(29(27,25-4)19-13-8-7-9-14-19)21-16-11-10-15-20(21)22(28-24)18(2)3/h5,7-9,13-14,18,20,22,26H,1,6,10-12,15-17H2,2-4H3/t20-,22+,24-,29?/m1/s1. The van der Waals surface area contributed by atoms with E-state index in [4.69, 9.17) is 4.74 Å². The Morgan fingerprint density at radius 1 is 1.34 bits per heavy atom. The van der Waals surface area contributed by atoms with Gasteiger partial charge in [0.1, 0.15) is 9.73 Å². The van der Waals surface area contributed by atoms with Gasteiger partial charge in [-0.15, -0.1) is 6.58 Å². The monoisotopic (exact) mass is 417 g/mol. The molecule has 1 unspecified atom stereocenters. The molecule has 160 valence electrons. The Morgan fingerprint density at radius 3 is 2.69 bits per heavy atom. The second-order valence-corrected chi connectivity index (χ2v) is 10.8. The van der Waals surface area contributed by atoms with Gasteiger partial charge in [0.15, 0.2) is 0 Å². The molecular formula is C24H35NO3S. The molecule has 4 nitrogen and oxygen atoms in total. The van der Waals surface area contributed by atoms with Crippen LogP contribution in [-0.4, -0.2) is 28.3 Å². The number of fused-ring (bicyclic) bond motifs is 1. The third-order valence-electron chi connectivity index (χ3n) is 6.21. The Bertz CT molecular complexity index is 867. The van der Waals surface area contributed by atoms with E-state index in [0.29, 0.717) is 16.2 Å². The predicted octanol–water partition coefficient (Wildman–Crippen LogP) is 5.69. The SMILES string of the molecule is C=CCCC[C@@]1(O)O[C@@H](C(C)C)[C@@H]2CCCCC2=C1S(=O)(=NC)c1ccccc1. The van der Waals surface area contributed by atoms with Crippen LogP contribution >= 0.6 is 0 Å². The first-order valence-corrected chi connectivity index (χ1v) is 12.3. The van der Waals surface area contributed by atoms with Gasteiger partial charge in [0, 0.05) is 19.4 Å². The zero-order valence-electron chi connectivity index (χ0n) is 18.0. The maximum atomic E-state index is 14.4. The van der Waals surface area contributed by atoms with Crippen LogP contribution in [0.2, 0.25) is 0 Å². The largest absolute Gasteiger partial charge is 0.361 e. The number of hydrogen-bond donors (Lipinski definition) is 1. The quantitative estimate of drug-likeness (QED) is 0.458. The van der Waals surface area contributed by atoms with Gasteiger partial charge in [-0.25, -0.2) is 8.57 Å². The van der Waals surface area contributed by atoms with Gasteiger partial charge in [-0.3, -0.25) is 0 Å². The Labute approximate surface area is 176 Å². The molecule has 0 spiro atoms. The van der Waals surface area contributed by atoms with Crippen molar-refractivity contribution in [3.63, 3.8) is 0 Å². The topological polar surface area (TPSA) is 58.9 Å². The van der Waals surface area contributed by atoms with Crippen LogP contribution in [0.3, 0.4) is 0 Å². The van der Waals surface area contributed by atoms with Gasteiger partial charge in [-0.2, -0.15) is 0 Å². The third kappa shape index (κ3) is 4.23. The van der Waals surface area contributed by atoms with Crippen molar-refractivity contribution >= 4 is 9.73 Å². The maximum Gasteiger partial charge on any atom is 0.202 e. The highest BCUT2D eigenvalue weighted by molar-refractivity contribution is 7.97. The van der Waals surface area contributed by atoms with Gasteiger partial charge in [0.2, 0.25) is 5.79 Å². The predicted molar refractivity (Wildman–Crippen MR) is 119 cm³/mol. The zero-order chi connectivity index (χ0) is 21.1. The number of rotatable bonds is 7. The van der Waals surface area contributed by atoms with Crippen molar-refractivity contribution in [1.29, 1.82) is 0 Å². The summed E-state index contributed by atoms with van der Waals surface area (Å²) in [5.41, 5.74) is 1.13. The molecule has 1 N–H and O–H groups in total. The molecular weight excluding hydrogens is 382 g/mol. The number of nitrogens with zero attached hydrogens (tertiary/aromatic N) is 1. The molecule has 1 heterocycles. The minimum absolute atomic E-state index is 0.0703. The third-order valence-corrected chi connectivity index (χ3v) is 8.77. The molecule has 29 heavy (non-hydrogen) atoms. The molecule has 5 heteroatoms. The zero-order valence-corrected chi connectivity index (χ0v) is 18.8. The molecule has 3 rings (SSSR count). The summed E-state index contributed by atoms with van der Waals surface area (Å²) >= 11 is 0. The first kappa shape index (κ1) is 22.3. The summed E-state index contributed by atoms with van der Waals surface area (Å²) < 4.78 is 25.3. The molecule has 2 aliphatic rings. The van der Waals surface area contributed by atoms with Gasteiger partial charge in [0.05, 0.1) is 15.9 Å². The lowest BCUT2D eigenvalue weighted by molar-refractivity contribution is -0.233. The van der Waals surface area contributed by atoms with Gasteiger partial charge < -0.3 is 9.84 Å². The summed E-state index contributed by atoms with van der Waals surface area (Å²) in [6.45, 7) is 8.08. The van der Waals surface area contributed by atoms with Crippen LogP contribution in [0.5, 0.6) is 0 Å². The smallest absolute Gasteiger partial charge is 0.202 e. The van der Waals surface area contributed by atoms with E-state index in [9.17, 15) is 9.32 Å². The van der Waals surface area contributed by atoms with Gasteiger partial charge in [-0.1, -0.05) is 44.5 Å². The van der Waals surface area contributed by atoms with Crippen molar-refractivity contribution in [1.82, 2.24) is 0 Å². The number of benzene rings is 1. The van der Waals surface area contributed by atoms with E-state index < -0.39 is 15.5 Å². The molecule has 4 atom stereocenters. The number of hydrogen-bond acceptors (Lipinski definition) is 4. The lowest BCUT2D eigenvalue weighted by Gasteiger charge is -2.48. The molecule has 1 saturated carbocycles. The van der Waals surface area contributed by atoms with E-state index in [1.54, 1.807) is 7.05 Å². The summed E-state index contributed by atoms with van der Waals surface area (Å²) in [5.74, 6) is -1.09. The number of allylic oxidation sites excluding steroid dienone is 1. The molecule has 0 amide bonds. The van der Waals surface area contributed by atoms with E-state index >= 15 is 0 Å². The average molecular weight is 418 g/mol. The summed E-state index contributed by atoms with van der Waals surface area (Å²) in [6, 6.07) is 9.35. The molecule has 0 aromatic heterocycles. The normalized spacial score (nSPS) is 29.3. The van der Waals surface area contributed by atoms with Crippen molar-refractivity contribution in [2.75, 3.05) is 7.05 Å². The average Bonchev–Trinajstić information content (AvgIpc) is 2.73. The highest BCUT2D eigenvalue weighted by atomic mass is 32.2. The summed E-state index contributed by atoms with van der Waals surface area (Å²) in [7, 11) is -1.37. The first-order valence-electron chi connectivity index (χ1n) is 10.8. The van der Waals surface area contributed by atoms with E-state index in [1.807, 2.05) is 36.4 Å². The van der Waals surface area contributed by atoms with Crippen LogP contribution in [-0.2, 0) is 14.5 Å². The minimum atomic E-state index is -2.97. The van der Waals surface area contributed by atoms with Crippen LogP contribution in [0, 0.1) is 11.8 Å². The first-order chi connectivity index (χ1) is 13.9. The molecule has 1 aliphatic heterocycles. The van der Waals surface area contributed by atoms with Crippen LogP contribution in [0.4, 0.5) is 0 Å². The van der Waals surface area contributed by atoms with Crippen LogP contribution < -0.4 is 0 Å². The second kappa shape index (κ2) is 9.15. The Hall–Kier alpha value is -1.43. The van der Waals surface area contributed by atoms with Crippen LogP contribution in [0.25, 0.3) is 0 Å². The number of unbranched alkanes of at least 4 members (excludes halogenated alkanes) is 1. The van der Waals surface area contributed by atoms with Gasteiger partial charge in [-0.05, 0) is 55.7 Å². The van der Waals surface area contributed by atoms with E-state index in [1.165, 1.54) is 0 Å². The van der Waals surface area contributed by atoms with Crippen LogP contribution in [0.1, 0.15) is 58.8 Å². The molecule has 1 aromatic carbocycles. The fraction of sp³-hybridized carbons (Fsp3) is 0.583. The van der Waals surface area contributed by atoms with Gasteiger partial charge >= 0.3 is 0 Å². The van der Waals surface area contributed by atoms with Crippen molar-refractivity contribution < 1.29 is 14.1 Å². The number of ether oxygens (including phenoxy) is 1. The Morgan fingerprint density at radius 2 is 2.07 bits per heavy atom. The highest BCUT2D eigenvalue weighted by Crippen LogP contribution is 2.50. The van der Waals surface area contributed by atoms with E-state index in [2.05, 4.69) is 24.8 Å². The molecule has 1 aliphatic carbocycles. The van der Waals surface area contributed by atoms with Crippen molar-refractivity contribution in [2.24, 2.45) is 16.2 Å². The second-order valence-electron chi connectivity index (χ2n) is 8.52. The fourth-order valence-electron chi connectivity index (χ4n) is 4.87. The number of aliphatic hydroxyl groups is 1. The summed E-state index contributed by atoms with van der Waals surface area (Å²) in [4.78, 5) is 1.17. The Kier molecular flexibility index (Phi) is 7.02. The molecule has 1 fully saturated rings. The lowest BCUT2D eigenvalue weighted by atomic mass is 9.74. The van der Waals surface area contributed by atoms with Crippen LogP contribution in [0.15, 0.2) is 62.7 Å². The minimum Gasteiger partial charge on any atom is -0.361 e.